The van der Waals surface area contributed by atoms with Crippen molar-refractivity contribution in [1.82, 2.24) is 31.0 Å². The highest BCUT2D eigenvalue weighted by Gasteiger charge is 2.26. The average Bonchev–Trinajstić information content (AvgIpc) is 3.49. The molecule has 1 aromatic carbocycles. The number of carbonyl (C=O) groups is 2. The second-order valence-electron chi connectivity index (χ2n) is 8.50. The fraction of sp³-hybridized carbons (Fsp3) is 0.333. The highest BCUT2D eigenvalue weighted by Crippen LogP contribution is 2.33. The maximum atomic E-state index is 12.9. The number of aromatic nitrogens is 2. The summed E-state index contributed by atoms with van der Waals surface area (Å²) in [5, 5.41) is 9.42. The Kier molecular flexibility index (Phi) is 7.83. The lowest BCUT2D eigenvalue weighted by Gasteiger charge is -2.24. The van der Waals surface area contributed by atoms with E-state index in [2.05, 4.69) is 45.1 Å². The predicted molar refractivity (Wildman–Crippen MR) is 134 cm³/mol. The number of benzene rings is 1. The molecule has 2 aromatic heterocycles. The Hall–Kier alpha value is -3.22. The molecule has 2 atom stereocenters. The van der Waals surface area contributed by atoms with Crippen molar-refractivity contribution in [3.8, 4) is 0 Å². The van der Waals surface area contributed by atoms with Gasteiger partial charge in [-0.25, -0.2) is 20.4 Å². The lowest BCUT2D eigenvalue weighted by molar-refractivity contribution is 0.0931. The Balaban J connectivity index is 1.40. The van der Waals surface area contributed by atoms with E-state index in [9.17, 15) is 9.59 Å². The SMILES string of the molecule is CCc1cc(CNC(=O)c2cc(C(=O)NC3CCc4cc(C(NN)N(C)N)ccc43)ncn2)cs1. The van der Waals surface area contributed by atoms with E-state index in [-0.39, 0.29) is 35.4 Å². The van der Waals surface area contributed by atoms with Gasteiger partial charge in [0.2, 0.25) is 0 Å². The Morgan fingerprint density at radius 1 is 1.20 bits per heavy atom. The lowest BCUT2D eigenvalue weighted by atomic mass is 10.0. The molecule has 0 saturated carbocycles. The Morgan fingerprint density at radius 2 is 1.97 bits per heavy atom. The number of rotatable bonds is 9. The van der Waals surface area contributed by atoms with Crippen LogP contribution >= 0.6 is 11.3 Å². The minimum atomic E-state index is -0.350. The van der Waals surface area contributed by atoms with Crippen LogP contribution in [0.2, 0.25) is 0 Å². The molecule has 0 radical (unpaired) electrons. The summed E-state index contributed by atoms with van der Waals surface area (Å²) in [5.74, 6) is 10.8. The summed E-state index contributed by atoms with van der Waals surface area (Å²) in [5.41, 5.74) is 7.17. The monoisotopic (exact) mass is 494 g/mol. The van der Waals surface area contributed by atoms with Crippen LogP contribution in [-0.2, 0) is 19.4 Å². The molecule has 184 valence electrons. The number of aryl methyl sites for hydroxylation is 2. The van der Waals surface area contributed by atoms with Crippen molar-refractivity contribution in [1.29, 1.82) is 0 Å². The molecule has 3 aromatic rings. The number of hydrogen-bond donors (Lipinski definition) is 5. The van der Waals surface area contributed by atoms with Crippen molar-refractivity contribution in [2.24, 2.45) is 11.7 Å². The first-order valence-corrected chi connectivity index (χ1v) is 12.3. The van der Waals surface area contributed by atoms with Gasteiger partial charge in [0.25, 0.3) is 11.8 Å². The fourth-order valence-electron chi connectivity index (χ4n) is 4.22. The summed E-state index contributed by atoms with van der Waals surface area (Å²) in [6.45, 7) is 2.50. The van der Waals surface area contributed by atoms with Gasteiger partial charge < -0.3 is 10.6 Å². The number of hydrogen-bond acceptors (Lipinski definition) is 9. The van der Waals surface area contributed by atoms with Gasteiger partial charge in [-0.2, -0.15) is 0 Å². The summed E-state index contributed by atoms with van der Waals surface area (Å²) in [4.78, 5) is 34.9. The van der Waals surface area contributed by atoms with Crippen molar-refractivity contribution >= 4 is 23.2 Å². The van der Waals surface area contributed by atoms with E-state index < -0.39 is 0 Å². The topological polar surface area (TPSA) is 151 Å². The quantitative estimate of drug-likeness (QED) is 0.171. The van der Waals surface area contributed by atoms with Crippen LogP contribution in [0.25, 0.3) is 0 Å². The second-order valence-corrected chi connectivity index (χ2v) is 9.50. The number of hydrazine groups is 2. The molecule has 1 aliphatic rings. The minimum absolute atomic E-state index is 0.148. The summed E-state index contributed by atoms with van der Waals surface area (Å²) < 4.78 is 0. The number of nitrogens with zero attached hydrogens (tertiary/aromatic N) is 3. The Morgan fingerprint density at radius 3 is 2.66 bits per heavy atom. The highest BCUT2D eigenvalue weighted by molar-refractivity contribution is 7.10. The van der Waals surface area contributed by atoms with Crippen molar-refractivity contribution in [3.05, 3.63) is 80.6 Å². The number of nitrogens with two attached hydrogens (primary N) is 2. The normalized spacial score (nSPS) is 15.6. The zero-order valence-corrected chi connectivity index (χ0v) is 20.6. The zero-order chi connectivity index (χ0) is 24.9. The summed E-state index contributed by atoms with van der Waals surface area (Å²) >= 11 is 1.67. The van der Waals surface area contributed by atoms with Crippen molar-refractivity contribution in [2.45, 2.75) is 44.9 Å². The molecule has 0 saturated heterocycles. The van der Waals surface area contributed by atoms with E-state index in [1.807, 2.05) is 17.5 Å². The standard InChI is InChI=1S/C24H30N8O2S/c1-3-17-8-14(12-35-17)11-27-23(33)20-10-21(29-13-28-20)24(34)30-19-7-5-15-9-16(4-6-18(15)19)22(31-25)32(2)26/h4,6,8-10,12-13,19,22,31H,3,5,7,11,25-26H2,1-2H3,(H,27,33)(H,30,34). The van der Waals surface area contributed by atoms with Gasteiger partial charge in [-0.05, 0) is 53.0 Å². The highest BCUT2D eigenvalue weighted by atomic mass is 32.1. The first-order valence-electron chi connectivity index (χ1n) is 11.4. The number of carbonyl (C=O) groups excluding carboxylic acids is 2. The van der Waals surface area contributed by atoms with Gasteiger partial charge in [-0.3, -0.25) is 21.3 Å². The maximum Gasteiger partial charge on any atom is 0.270 e. The number of nitrogens with one attached hydrogen (secondary N) is 3. The number of thiophene rings is 1. The maximum absolute atomic E-state index is 12.9. The molecule has 2 unspecified atom stereocenters. The molecule has 4 rings (SSSR count). The summed E-state index contributed by atoms with van der Waals surface area (Å²) in [7, 11) is 1.74. The molecule has 0 fully saturated rings. The van der Waals surface area contributed by atoms with Crippen molar-refractivity contribution < 1.29 is 9.59 Å². The van der Waals surface area contributed by atoms with Gasteiger partial charge in [0.1, 0.15) is 23.9 Å². The molecule has 2 amide bonds. The van der Waals surface area contributed by atoms with E-state index in [0.717, 1.165) is 41.5 Å². The van der Waals surface area contributed by atoms with Crippen molar-refractivity contribution in [3.63, 3.8) is 0 Å². The van der Waals surface area contributed by atoms with Crippen LogP contribution in [0.4, 0.5) is 0 Å². The molecule has 0 spiro atoms. The summed E-state index contributed by atoms with van der Waals surface area (Å²) in [6.07, 6.45) is 3.48. The van der Waals surface area contributed by atoms with E-state index in [1.165, 1.54) is 22.3 Å². The third-order valence-electron chi connectivity index (χ3n) is 6.07. The molecule has 1 aliphatic carbocycles. The first-order chi connectivity index (χ1) is 16.9. The zero-order valence-electron chi connectivity index (χ0n) is 19.7. The van der Waals surface area contributed by atoms with Gasteiger partial charge in [0.05, 0.1) is 6.04 Å². The van der Waals surface area contributed by atoms with Crippen LogP contribution < -0.4 is 27.7 Å². The van der Waals surface area contributed by atoms with E-state index >= 15 is 0 Å². The van der Waals surface area contributed by atoms with Gasteiger partial charge in [-0.15, -0.1) is 11.3 Å². The van der Waals surface area contributed by atoms with E-state index in [4.69, 9.17) is 11.7 Å². The van der Waals surface area contributed by atoms with Gasteiger partial charge in [0.15, 0.2) is 0 Å². The molecule has 0 bridgehead atoms. The van der Waals surface area contributed by atoms with Gasteiger partial charge in [-0.1, -0.05) is 25.1 Å². The minimum Gasteiger partial charge on any atom is -0.347 e. The summed E-state index contributed by atoms with van der Waals surface area (Å²) in [6, 6.07) is 9.34. The van der Waals surface area contributed by atoms with Crippen LogP contribution in [0.1, 0.15) is 73.7 Å². The number of fused-ring (bicyclic) bond motifs is 1. The third-order valence-corrected chi connectivity index (χ3v) is 7.20. The molecular weight excluding hydrogens is 464 g/mol. The Bertz CT molecular complexity index is 1210. The third kappa shape index (κ3) is 5.72. The van der Waals surface area contributed by atoms with Crippen LogP contribution in [0.3, 0.4) is 0 Å². The van der Waals surface area contributed by atoms with E-state index in [0.29, 0.717) is 6.54 Å². The lowest BCUT2D eigenvalue weighted by Crippen LogP contribution is -2.43. The number of amides is 2. The van der Waals surface area contributed by atoms with E-state index in [1.54, 1.807) is 18.4 Å². The average molecular weight is 495 g/mol. The predicted octanol–water partition coefficient (Wildman–Crippen LogP) is 1.72. The van der Waals surface area contributed by atoms with Gasteiger partial charge in [0, 0.05) is 24.5 Å². The smallest absolute Gasteiger partial charge is 0.270 e. The van der Waals surface area contributed by atoms with Crippen LogP contribution in [0.15, 0.2) is 42.0 Å². The largest absolute Gasteiger partial charge is 0.347 e. The molecule has 0 aliphatic heterocycles. The molecule has 10 nitrogen and oxygen atoms in total. The molecule has 2 heterocycles. The second kappa shape index (κ2) is 11.0. The molecule has 11 heteroatoms. The van der Waals surface area contributed by atoms with Crippen LogP contribution in [0, 0.1) is 0 Å². The van der Waals surface area contributed by atoms with Gasteiger partial charge >= 0.3 is 0 Å². The molecular formula is C24H30N8O2S. The first kappa shape index (κ1) is 24.9. The molecule has 7 N–H and O–H groups in total. The fourth-order valence-corrected chi connectivity index (χ4v) is 5.06. The van der Waals surface area contributed by atoms with Crippen LogP contribution in [0.5, 0.6) is 0 Å². The Labute approximate surface area is 208 Å². The van der Waals surface area contributed by atoms with Crippen LogP contribution in [-0.4, -0.2) is 33.8 Å². The van der Waals surface area contributed by atoms with Crippen molar-refractivity contribution in [2.75, 3.05) is 7.05 Å². The molecule has 35 heavy (non-hydrogen) atoms.